The summed E-state index contributed by atoms with van der Waals surface area (Å²) in [6.45, 7) is 5.16. The SMILES string of the molecule is CC(=O)N[C@@H](Cc1ccccc1)C(=O)N[C@@H](CS)C(=O)N[C@@H](CCC(N)=O)C(=O)N[C@H](C(=O)N[C@@H](Cc1c[nH]c2ccccc12)C(=O)N[C@@H](CCC(N)=O)C(=O)N[C@@H](CS)C(=O)N[C@@H](Cc1ccc(O)cc1)C(=O)N[C@@H](Cc1c[nH]c2ccccc12)C(=O)N[C@@H](CCC(C)C)C(=O)N[C@@H](CCC(=O)O)C(=O)N[C@@H](CC(N)=O)C(=O)NCC(N)=O)[C@@H](C)O. The number of rotatable bonds is 51. The van der Waals surface area contributed by atoms with E-state index in [4.69, 9.17) is 22.9 Å². The van der Waals surface area contributed by atoms with Gasteiger partial charge < -0.3 is 117 Å². The minimum absolute atomic E-state index is 0.00722. The van der Waals surface area contributed by atoms with Gasteiger partial charge in [-0.25, -0.2) is 0 Å². The molecule has 17 amide bonds. The highest BCUT2D eigenvalue weighted by atomic mass is 32.1. The maximum atomic E-state index is 15.2. The zero-order valence-corrected chi connectivity index (χ0v) is 69.0. The lowest BCUT2D eigenvalue weighted by atomic mass is 9.99. The van der Waals surface area contributed by atoms with E-state index in [2.05, 4.69) is 104 Å². The number of hydrogen-bond donors (Lipinski definition) is 24. The van der Waals surface area contributed by atoms with Gasteiger partial charge in [-0.1, -0.05) is 92.7 Å². The Morgan fingerprint density at radius 1 is 0.369 bits per heavy atom. The number of carbonyl (C=O) groups is 18. The van der Waals surface area contributed by atoms with Crippen molar-refractivity contribution in [1.29, 1.82) is 0 Å². The summed E-state index contributed by atoms with van der Waals surface area (Å²) >= 11 is 8.61. The van der Waals surface area contributed by atoms with Gasteiger partial charge in [0.2, 0.25) is 100 Å². The van der Waals surface area contributed by atoms with Crippen molar-refractivity contribution in [3.63, 3.8) is 0 Å². The third-order valence-corrected chi connectivity index (χ3v) is 19.9. The lowest BCUT2D eigenvalue weighted by molar-refractivity contribution is -0.139. The number of aliphatic carboxylic acids is 1. The standard InChI is InChI=1S/C80H105N19O21S2/c1-40(2)18-23-52(70(110)89-55(26-29-67(107)108)71(111)95-60(34-65(83)105)69(109)87-37-66(84)106)90-76(116)58(32-45-35-85-50-16-10-8-14-48(45)50)94-75(115)57(31-44-19-21-47(102)22-20-44)93-79(119)62(39-122)97-72(112)53(24-27-63(81)103)91-77(117)59(33-46-36-86-51-17-11-9-15-49(46)51)96-80(120)68(41(3)100)99-73(113)54(25-28-64(82)104)92-78(118)61(38-121)98-74(114)56(88-42(4)101)30-43-12-6-5-7-13-43/h5-17,19-22,35-36,40-41,52-62,68,85-86,100,102,121-122H,18,23-34,37-39H2,1-4H3,(H2,81,103)(H2,82,104)(H2,83,105)(H2,84,106)(H,87,109)(H,88,101)(H,89,110)(H,90,116)(H,91,117)(H,92,118)(H,93,119)(H,94,115)(H,95,111)(H,96,120)(H,97,112)(H,98,114)(H,99,113)(H,107,108)/t41-,52+,53+,54+,55+,56+,57+,58+,59+,60+,61+,62+,68+/m1/s1. The molecule has 0 radical (unpaired) electrons. The fourth-order valence-electron chi connectivity index (χ4n) is 12.7. The molecule has 0 unspecified atom stereocenters. The van der Waals surface area contributed by atoms with Gasteiger partial charge in [-0.15, -0.1) is 0 Å². The molecule has 6 rings (SSSR count). The molecule has 0 saturated carbocycles. The van der Waals surface area contributed by atoms with Crippen LogP contribution in [-0.2, 0) is 112 Å². The number of aliphatic hydroxyl groups is 1. The maximum absolute atomic E-state index is 15.2. The van der Waals surface area contributed by atoms with Gasteiger partial charge in [-0.2, -0.15) is 25.3 Å². The number of carbonyl (C=O) groups excluding carboxylic acids is 17. The number of hydrogen-bond acceptors (Lipinski definition) is 22. The number of aliphatic hydroxyl groups excluding tert-OH is 1. The minimum Gasteiger partial charge on any atom is -0.508 e. The summed E-state index contributed by atoms with van der Waals surface area (Å²) in [5.41, 5.74) is 24.6. The Morgan fingerprint density at radius 2 is 0.721 bits per heavy atom. The Bertz CT molecular complexity index is 4740. The molecule has 0 aliphatic heterocycles. The molecule has 6 aromatic rings. The second-order valence-corrected chi connectivity index (χ2v) is 30.1. The number of aromatic nitrogens is 2. The second-order valence-electron chi connectivity index (χ2n) is 29.4. The number of benzene rings is 4. The maximum Gasteiger partial charge on any atom is 0.303 e. The van der Waals surface area contributed by atoms with Crippen molar-refractivity contribution in [2.75, 3.05) is 18.1 Å². The quantitative estimate of drug-likeness (QED) is 0.0162. The number of fused-ring (bicyclic) bond motifs is 2. The number of H-pyrrole nitrogens is 2. The van der Waals surface area contributed by atoms with Crippen molar-refractivity contribution in [2.24, 2.45) is 28.9 Å². The van der Waals surface area contributed by atoms with E-state index in [0.29, 0.717) is 44.1 Å². The number of carboxylic acids is 1. The van der Waals surface area contributed by atoms with E-state index in [1.54, 1.807) is 98.9 Å². The molecule has 122 heavy (non-hydrogen) atoms. The first-order valence-electron chi connectivity index (χ1n) is 38.9. The molecule has 0 bridgehead atoms. The highest BCUT2D eigenvalue weighted by molar-refractivity contribution is 7.80. The summed E-state index contributed by atoms with van der Waals surface area (Å²) < 4.78 is 0. The number of para-hydroxylation sites is 2. The van der Waals surface area contributed by atoms with Gasteiger partial charge in [-0.05, 0) is 91.5 Å². The fraction of sp³-hybridized carbons (Fsp3) is 0.425. The second kappa shape index (κ2) is 48.2. The molecule has 0 spiro atoms. The topological polar surface area (TPSA) is 660 Å². The molecule has 4 aromatic carbocycles. The fourth-order valence-corrected chi connectivity index (χ4v) is 13.2. The Hall–Kier alpha value is -13.1. The van der Waals surface area contributed by atoms with Gasteiger partial charge in [0, 0.05) is 97.6 Å². The molecule has 0 aliphatic carbocycles. The largest absolute Gasteiger partial charge is 0.508 e. The van der Waals surface area contributed by atoms with Crippen LogP contribution in [0.3, 0.4) is 0 Å². The highest BCUT2D eigenvalue weighted by Crippen LogP contribution is 2.23. The Balaban J connectivity index is 1.28. The molecular formula is C80H105N19O21S2. The highest BCUT2D eigenvalue weighted by Gasteiger charge is 2.39. The first-order chi connectivity index (χ1) is 57.8. The number of thiol groups is 2. The van der Waals surface area contributed by atoms with E-state index in [9.17, 15) is 87.2 Å². The Labute approximate surface area is 710 Å². The van der Waals surface area contributed by atoms with Crippen molar-refractivity contribution >= 4 is 153 Å². The molecule has 2 aromatic heterocycles. The molecule has 0 fully saturated rings. The first-order valence-corrected chi connectivity index (χ1v) is 40.2. The van der Waals surface area contributed by atoms with Gasteiger partial charge in [-0.3, -0.25) is 86.3 Å². The summed E-state index contributed by atoms with van der Waals surface area (Å²) in [4.78, 5) is 252. The molecular weight excluding hydrogens is 1630 g/mol. The normalized spacial score (nSPS) is 14.3. The van der Waals surface area contributed by atoms with Gasteiger partial charge in [0.15, 0.2) is 0 Å². The molecule has 26 N–H and O–H groups in total. The number of carboxylic acid groups (broad SMARTS) is 1. The van der Waals surface area contributed by atoms with Gasteiger partial charge in [0.1, 0.15) is 78.3 Å². The average molecular weight is 1730 g/mol. The van der Waals surface area contributed by atoms with E-state index >= 15 is 14.4 Å². The smallest absolute Gasteiger partial charge is 0.303 e. The van der Waals surface area contributed by atoms with E-state index in [0.717, 1.165) is 6.92 Å². The zero-order valence-electron chi connectivity index (χ0n) is 67.3. The van der Waals surface area contributed by atoms with Crippen LogP contribution >= 0.6 is 25.3 Å². The van der Waals surface area contributed by atoms with Gasteiger partial charge >= 0.3 is 5.97 Å². The number of phenols is 1. The zero-order chi connectivity index (χ0) is 90.0. The summed E-state index contributed by atoms with van der Waals surface area (Å²) in [7, 11) is 0. The average Bonchev–Trinajstić information content (AvgIpc) is 1.66. The van der Waals surface area contributed by atoms with E-state index in [1.165, 1.54) is 37.4 Å². The Morgan fingerprint density at radius 3 is 1.12 bits per heavy atom. The summed E-state index contributed by atoms with van der Waals surface area (Å²) in [5, 5.41) is 64.4. The van der Waals surface area contributed by atoms with Crippen molar-refractivity contribution in [3.8, 4) is 5.75 Å². The van der Waals surface area contributed by atoms with E-state index in [-0.39, 0.29) is 43.1 Å². The van der Waals surface area contributed by atoms with Crippen LogP contribution < -0.4 is 92.1 Å². The van der Waals surface area contributed by atoms with Crippen LogP contribution in [0.15, 0.2) is 116 Å². The lowest BCUT2D eigenvalue weighted by Gasteiger charge is -2.29. The molecule has 13 atom stereocenters. The molecule has 40 nitrogen and oxygen atoms in total. The number of phenolic OH excluding ortho intramolecular Hbond substituents is 1. The van der Waals surface area contributed by atoms with Crippen molar-refractivity contribution in [2.45, 2.75) is 190 Å². The molecule has 0 aliphatic rings. The monoisotopic (exact) mass is 1730 g/mol. The van der Waals surface area contributed by atoms with Crippen LogP contribution in [-0.4, -0.2) is 228 Å². The van der Waals surface area contributed by atoms with Gasteiger partial charge in [0.05, 0.1) is 19.1 Å². The summed E-state index contributed by atoms with van der Waals surface area (Å²) in [5.74, 6) is -20.3. The first kappa shape index (κ1) is 97.7. The predicted molar refractivity (Wildman–Crippen MR) is 448 cm³/mol. The predicted octanol–water partition coefficient (Wildman–Crippen LogP) is -3.99. The van der Waals surface area contributed by atoms with Crippen LogP contribution in [0.25, 0.3) is 21.8 Å². The Kier molecular flexibility index (Phi) is 38.6. The summed E-state index contributed by atoms with van der Waals surface area (Å²) in [6, 6.07) is 7.49. The lowest BCUT2D eigenvalue weighted by Crippen LogP contribution is -2.62. The molecule has 0 saturated heterocycles. The van der Waals surface area contributed by atoms with Crippen molar-refractivity contribution in [3.05, 3.63) is 138 Å². The molecule has 658 valence electrons. The van der Waals surface area contributed by atoms with Crippen LogP contribution in [0.1, 0.15) is 108 Å². The number of aromatic hydroxyl groups is 1. The van der Waals surface area contributed by atoms with Crippen molar-refractivity contribution in [1.82, 2.24) is 79.1 Å². The number of amides is 17. The number of primary amides is 4. The number of nitrogens with one attached hydrogen (secondary N) is 15. The van der Waals surface area contributed by atoms with Crippen LogP contribution in [0.2, 0.25) is 0 Å². The van der Waals surface area contributed by atoms with Crippen LogP contribution in [0.5, 0.6) is 5.75 Å². The summed E-state index contributed by atoms with van der Waals surface area (Å²) in [6.07, 6.45) is -4.12. The van der Waals surface area contributed by atoms with Gasteiger partial charge in [0.25, 0.3) is 0 Å². The third-order valence-electron chi connectivity index (χ3n) is 19.2. The van der Waals surface area contributed by atoms with E-state index < -0.39 is 255 Å². The molecule has 42 heteroatoms. The minimum atomic E-state index is -1.98. The van der Waals surface area contributed by atoms with Crippen LogP contribution in [0.4, 0.5) is 0 Å². The van der Waals surface area contributed by atoms with Crippen molar-refractivity contribution < 1.29 is 102 Å². The van der Waals surface area contributed by atoms with Crippen LogP contribution in [0, 0.1) is 5.92 Å². The third kappa shape index (κ3) is 31.9. The number of aromatic amines is 2. The number of nitrogens with two attached hydrogens (primary N) is 4. The van der Waals surface area contributed by atoms with E-state index in [1.807, 2.05) is 0 Å². The molecule has 2 heterocycles.